The third-order valence-electron chi connectivity index (χ3n) is 6.18. The lowest BCUT2D eigenvalue weighted by Gasteiger charge is -2.25. The number of nitrogens with two attached hydrogens (primary N) is 1. The summed E-state index contributed by atoms with van der Waals surface area (Å²) in [5.74, 6) is 0.342. The lowest BCUT2D eigenvalue weighted by molar-refractivity contribution is -0.141. The number of aromatic nitrogens is 1. The topological polar surface area (TPSA) is 119 Å². The van der Waals surface area contributed by atoms with Crippen molar-refractivity contribution >= 4 is 17.7 Å². The summed E-state index contributed by atoms with van der Waals surface area (Å²) < 4.78 is 10.9. The van der Waals surface area contributed by atoms with Gasteiger partial charge in [0.1, 0.15) is 18.2 Å². The Morgan fingerprint density at radius 2 is 1.74 bits per heavy atom. The van der Waals surface area contributed by atoms with Crippen LogP contribution in [0.5, 0.6) is 5.75 Å². The van der Waals surface area contributed by atoms with Crippen molar-refractivity contribution in [3.8, 4) is 16.9 Å². The minimum absolute atomic E-state index is 0.0111. The maximum atomic E-state index is 13.1. The van der Waals surface area contributed by atoms with E-state index < -0.39 is 0 Å². The number of nitrogens with one attached hydrogen (secondary N) is 1. The van der Waals surface area contributed by atoms with E-state index in [0.29, 0.717) is 36.4 Å². The molecule has 0 bridgehead atoms. The molecule has 1 amide bonds. The summed E-state index contributed by atoms with van der Waals surface area (Å²) in [4.78, 5) is 30.8. The number of carbonyl (C=O) groups is 2. The van der Waals surface area contributed by atoms with E-state index in [0.717, 1.165) is 11.1 Å². The molecule has 35 heavy (non-hydrogen) atoms. The van der Waals surface area contributed by atoms with Crippen molar-refractivity contribution in [2.45, 2.75) is 18.9 Å². The van der Waals surface area contributed by atoms with Crippen LogP contribution in [0.3, 0.4) is 0 Å². The number of carbonyl (C=O) groups excluding carboxylic acids is 2. The molecule has 180 valence electrons. The summed E-state index contributed by atoms with van der Waals surface area (Å²) in [7, 11) is 1.37. The van der Waals surface area contributed by atoms with Crippen LogP contribution in [0.2, 0.25) is 0 Å². The summed E-state index contributed by atoms with van der Waals surface area (Å²) in [6, 6.07) is 18.5. The van der Waals surface area contributed by atoms with Crippen LogP contribution >= 0.6 is 0 Å². The Bertz CT molecular complexity index is 1180. The zero-order chi connectivity index (χ0) is 24.8. The minimum atomic E-state index is -0.280. The maximum Gasteiger partial charge on any atom is 0.305 e. The summed E-state index contributed by atoms with van der Waals surface area (Å²) in [5, 5.41) is 7.51. The number of esters is 1. The monoisotopic (exact) mass is 472 g/mol. The molecule has 0 unspecified atom stereocenters. The lowest BCUT2D eigenvalue weighted by Crippen LogP contribution is -2.39. The first-order chi connectivity index (χ1) is 16.9. The van der Waals surface area contributed by atoms with Gasteiger partial charge in [-0.05, 0) is 47.7 Å². The van der Waals surface area contributed by atoms with Crippen LogP contribution in [0.25, 0.3) is 11.1 Å². The van der Waals surface area contributed by atoms with Crippen molar-refractivity contribution in [3.63, 3.8) is 0 Å². The molecule has 3 aromatic rings. The summed E-state index contributed by atoms with van der Waals surface area (Å²) in [6.45, 7) is 0.780. The van der Waals surface area contributed by atoms with Gasteiger partial charge in [0.05, 0.1) is 25.1 Å². The second-order valence-electron chi connectivity index (χ2n) is 8.56. The fourth-order valence-electron chi connectivity index (χ4n) is 4.32. The molecule has 4 rings (SSSR count). The van der Waals surface area contributed by atoms with Gasteiger partial charge in [-0.15, -0.1) is 0 Å². The number of nitrogen functional groups attached to an aromatic ring is 1. The highest BCUT2D eigenvalue weighted by Crippen LogP contribution is 2.29. The van der Waals surface area contributed by atoms with E-state index in [2.05, 4.69) is 4.98 Å². The number of likely N-dealkylation sites (tertiary alicyclic amines) is 1. The Labute approximate surface area is 204 Å². The third kappa shape index (κ3) is 5.84. The number of ether oxygens (including phenoxy) is 2. The Balaban J connectivity index is 1.43. The number of benzene rings is 2. The van der Waals surface area contributed by atoms with E-state index in [1.54, 1.807) is 29.4 Å². The highest BCUT2D eigenvalue weighted by molar-refractivity contribution is 5.95. The second-order valence-corrected chi connectivity index (χ2v) is 8.56. The van der Waals surface area contributed by atoms with Crippen LogP contribution in [0.4, 0.5) is 0 Å². The van der Waals surface area contributed by atoms with Crippen LogP contribution in [-0.2, 0) is 9.53 Å². The van der Waals surface area contributed by atoms with Crippen LogP contribution < -0.4 is 10.5 Å². The number of amides is 1. The first kappa shape index (κ1) is 23.9. The summed E-state index contributed by atoms with van der Waals surface area (Å²) in [5.41, 5.74) is 8.74. The molecule has 8 nitrogen and oxygen atoms in total. The molecule has 1 aliphatic rings. The predicted octanol–water partition coefficient (Wildman–Crippen LogP) is 3.51. The van der Waals surface area contributed by atoms with Crippen molar-refractivity contribution < 1.29 is 19.1 Å². The zero-order valence-electron chi connectivity index (χ0n) is 19.5. The Hall–Kier alpha value is -4.20. The van der Waals surface area contributed by atoms with Gasteiger partial charge in [0.25, 0.3) is 5.91 Å². The van der Waals surface area contributed by atoms with Gasteiger partial charge < -0.3 is 20.1 Å². The van der Waals surface area contributed by atoms with Gasteiger partial charge in [0.2, 0.25) is 0 Å². The molecular formula is C27H28N4O4. The SMILES string of the molecule is COC(=O)C[C@@H]1C[C@@H](COc2ccc(-c3ccc(C(=N)N)cc3)cc2)N(C(=O)c2cccnc2)C1. The van der Waals surface area contributed by atoms with Gasteiger partial charge >= 0.3 is 5.97 Å². The van der Waals surface area contributed by atoms with Crippen LogP contribution in [0.1, 0.15) is 28.8 Å². The molecule has 1 fully saturated rings. The third-order valence-corrected chi connectivity index (χ3v) is 6.18. The molecule has 0 spiro atoms. The lowest BCUT2D eigenvalue weighted by atomic mass is 10.0. The van der Waals surface area contributed by atoms with E-state index >= 15 is 0 Å². The van der Waals surface area contributed by atoms with Gasteiger partial charge in [-0.3, -0.25) is 20.0 Å². The number of hydrogen-bond donors (Lipinski definition) is 2. The predicted molar refractivity (Wildman–Crippen MR) is 132 cm³/mol. The molecular weight excluding hydrogens is 444 g/mol. The minimum Gasteiger partial charge on any atom is -0.491 e. The standard InChI is InChI=1S/C27H28N4O4/c1-34-25(32)14-18-13-23(31(16-18)27(33)22-3-2-12-30-15-22)17-35-24-10-8-20(9-11-24)19-4-6-21(7-5-19)26(28)29/h2-12,15,18,23H,13-14,16-17H2,1H3,(H3,28,29)/t18-,23-/m0/s1. The molecule has 0 aliphatic carbocycles. The number of nitrogens with zero attached hydrogens (tertiary/aromatic N) is 2. The van der Waals surface area contributed by atoms with Crippen LogP contribution in [0, 0.1) is 11.3 Å². The molecule has 2 aromatic carbocycles. The van der Waals surface area contributed by atoms with Crippen LogP contribution in [-0.4, -0.2) is 53.9 Å². The Kier molecular flexibility index (Phi) is 7.40. The average molecular weight is 473 g/mol. The highest BCUT2D eigenvalue weighted by Gasteiger charge is 2.37. The molecule has 2 heterocycles. The molecule has 1 aromatic heterocycles. The highest BCUT2D eigenvalue weighted by atomic mass is 16.5. The van der Waals surface area contributed by atoms with Gasteiger partial charge in [-0.1, -0.05) is 36.4 Å². The van der Waals surface area contributed by atoms with Gasteiger partial charge in [0, 0.05) is 24.5 Å². The molecule has 1 saturated heterocycles. The molecule has 1 aliphatic heterocycles. The van der Waals surface area contributed by atoms with Gasteiger partial charge in [0.15, 0.2) is 0 Å². The molecule has 2 atom stereocenters. The van der Waals surface area contributed by atoms with Crippen molar-refractivity contribution in [2.75, 3.05) is 20.3 Å². The fourth-order valence-corrected chi connectivity index (χ4v) is 4.32. The molecule has 0 radical (unpaired) electrons. The zero-order valence-corrected chi connectivity index (χ0v) is 19.5. The number of hydrogen-bond acceptors (Lipinski definition) is 6. The van der Waals surface area contributed by atoms with E-state index in [1.165, 1.54) is 7.11 Å². The van der Waals surface area contributed by atoms with Crippen molar-refractivity contribution in [3.05, 3.63) is 84.2 Å². The molecule has 0 saturated carbocycles. The molecule has 3 N–H and O–H groups in total. The summed E-state index contributed by atoms with van der Waals surface area (Å²) in [6.07, 6.45) is 4.10. The van der Waals surface area contributed by atoms with Gasteiger partial charge in [-0.25, -0.2) is 0 Å². The van der Waals surface area contributed by atoms with Crippen molar-refractivity contribution in [1.82, 2.24) is 9.88 Å². The van der Waals surface area contributed by atoms with E-state index in [9.17, 15) is 9.59 Å². The number of pyridine rings is 1. The quantitative estimate of drug-likeness (QED) is 0.294. The first-order valence-electron chi connectivity index (χ1n) is 11.4. The average Bonchev–Trinajstić information content (AvgIpc) is 3.30. The second kappa shape index (κ2) is 10.8. The Morgan fingerprint density at radius 1 is 1.06 bits per heavy atom. The fraction of sp³-hybridized carbons (Fsp3) is 0.259. The van der Waals surface area contributed by atoms with Gasteiger partial charge in [-0.2, -0.15) is 0 Å². The van der Waals surface area contributed by atoms with E-state index in [-0.39, 0.29) is 36.1 Å². The maximum absolute atomic E-state index is 13.1. The largest absolute Gasteiger partial charge is 0.491 e. The van der Waals surface area contributed by atoms with Crippen molar-refractivity contribution in [2.24, 2.45) is 11.7 Å². The number of rotatable bonds is 8. The van der Waals surface area contributed by atoms with Crippen LogP contribution in [0.15, 0.2) is 73.1 Å². The smallest absolute Gasteiger partial charge is 0.305 e. The van der Waals surface area contributed by atoms with Crippen molar-refractivity contribution in [1.29, 1.82) is 5.41 Å². The first-order valence-corrected chi connectivity index (χ1v) is 11.4. The summed E-state index contributed by atoms with van der Waals surface area (Å²) >= 11 is 0. The van der Waals surface area contributed by atoms with E-state index in [1.807, 2.05) is 48.5 Å². The Morgan fingerprint density at radius 3 is 2.34 bits per heavy atom. The number of methoxy groups -OCH3 is 1. The molecule has 8 heteroatoms. The van der Waals surface area contributed by atoms with E-state index in [4.69, 9.17) is 20.6 Å². The number of amidine groups is 1. The normalized spacial score (nSPS) is 17.1.